The molecule has 0 spiro atoms. The van der Waals surface area contributed by atoms with Crippen molar-refractivity contribution in [1.29, 1.82) is 0 Å². The van der Waals surface area contributed by atoms with Crippen LogP contribution in [-0.2, 0) is 30.2 Å². The van der Waals surface area contributed by atoms with E-state index in [9.17, 15) is 15.0 Å². The van der Waals surface area contributed by atoms with Crippen LogP contribution in [0.3, 0.4) is 0 Å². The predicted molar refractivity (Wildman–Crippen MR) is 124 cm³/mol. The number of aryl methyl sites for hydroxylation is 1. The predicted octanol–water partition coefficient (Wildman–Crippen LogP) is 4.49. The van der Waals surface area contributed by atoms with E-state index in [1.807, 2.05) is 6.07 Å². The number of thiophene rings is 1. The molecule has 2 N–H and O–H groups in total. The average molecular weight is 481 g/mol. The Bertz CT molecular complexity index is 753. The molecule has 0 aromatic carbocycles. The summed E-state index contributed by atoms with van der Waals surface area (Å²) in [5, 5.41) is 22.5. The van der Waals surface area contributed by atoms with Crippen molar-refractivity contribution in [2.75, 3.05) is 13.2 Å². The van der Waals surface area contributed by atoms with Gasteiger partial charge in [0.2, 0.25) is 0 Å². The first-order valence-electron chi connectivity index (χ1n) is 12.3. The number of rotatable bonds is 10. The maximum Gasteiger partial charge on any atom is 0.303 e. The van der Waals surface area contributed by atoms with Crippen molar-refractivity contribution in [3.05, 3.63) is 34.2 Å². The summed E-state index contributed by atoms with van der Waals surface area (Å²) >= 11 is 1.72. The van der Waals surface area contributed by atoms with Crippen LogP contribution in [0, 0.1) is 11.8 Å². The van der Waals surface area contributed by atoms with Crippen LogP contribution in [0.1, 0.15) is 62.7 Å². The molecule has 33 heavy (non-hydrogen) atoms. The number of allylic oxidation sites excluding steroid dienone is 1. The standard InChI is InChI=1S/C25H36O7S/c26-19-16-21(32-24-11-2-4-13-30-24)25(18(19)15-22(27)28)20(31-23-10-1-3-12-29-23)9-5-7-17-8-6-14-33-17/h6,8-9,14,18-19,21,23-26H,1-5,7,10-13,15-16H2,(H,27,28)/t18-,19-,21+,23?,24?,25-/m1/s1. The average Bonchev–Trinajstić information content (AvgIpc) is 3.42. The number of carboxylic acid groups (broad SMARTS) is 1. The van der Waals surface area contributed by atoms with Crippen LogP contribution in [0.15, 0.2) is 29.3 Å². The lowest BCUT2D eigenvalue weighted by Gasteiger charge is -2.33. The Balaban J connectivity index is 1.56. The highest BCUT2D eigenvalue weighted by Gasteiger charge is 2.48. The maximum atomic E-state index is 11.7. The number of aliphatic hydroxyl groups excluding tert-OH is 1. The molecule has 2 aliphatic heterocycles. The summed E-state index contributed by atoms with van der Waals surface area (Å²) in [5.74, 6) is -1.06. The Kier molecular flexibility index (Phi) is 9.20. The largest absolute Gasteiger partial charge is 0.481 e. The SMILES string of the molecule is O=C(O)C[C@H]1[C@H](C(=CCCc2cccs2)OC2CCCCO2)[C@@H](OC2CCCCO2)C[C@H]1O. The molecule has 0 amide bonds. The van der Waals surface area contributed by atoms with Gasteiger partial charge in [-0.05, 0) is 62.5 Å². The zero-order valence-electron chi connectivity index (χ0n) is 19.1. The molecule has 6 atom stereocenters. The molecule has 2 saturated heterocycles. The van der Waals surface area contributed by atoms with Gasteiger partial charge in [-0.2, -0.15) is 0 Å². The number of aliphatic carboxylic acids is 1. The molecule has 1 aromatic heterocycles. The van der Waals surface area contributed by atoms with Gasteiger partial charge < -0.3 is 29.2 Å². The van der Waals surface area contributed by atoms with Crippen molar-refractivity contribution in [3.8, 4) is 0 Å². The van der Waals surface area contributed by atoms with Crippen molar-refractivity contribution >= 4 is 17.3 Å². The Morgan fingerprint density at radius 2 is 1.91 bits per heavy atom. The summed E-state index contributed by atoms with van der Waals surface area (Å²) in [6, 6.07) is 4.16. The molecule has 7 nitrogen and oxygen atoms in total. The lowest BCUT2D eigenvalue weighted by Crippen LogP contribution is -2.35. The first kappa shape index (κ1) is 24.7. The van der Waals surface area contributed by atoms with E-state index in [0.29, 0.717) is 25.4 Å². The Hall–Kier alpha value is -1.45. The number of aliphatic hydroxyl groups is 1. The van der Waals surface area contributed by atoms with Crippen molar-refractivity contribution in [1.82, 2.24) is 0 Å². The highest BCUT2D eigenvalue weighted by atomic mass is 32.1. The lowest BCUT2D eigenvalue weighted by molar-refractivity contribution is -0.201. The fourth-order valence-corrected chi connectivity index (χ4v) is 5.84. The second-order valence-corrected chi connectivity index (χ2v) is 10.2. The van der Waals surface area contributed by atoms with Gasteiger partial charge in [0.25, 0.3) is 0 Å². The van der Waals surface area contributed by atoms with Gasteiger partial charge in [0, 0.05) is 36.2 Å². The molecular weight excluding hydrogens is 444 g/mol. The van der Waals surface area contributed by atoms with Gasteiger partial charge >= 0.3 is 5.97 Å². The van der Waals surface area contributed by atoms with Gasteiger partial charge in [-0.15, -0.1) is 11.3 Å². The molecule has 8 heteroatoms. The first-order valence-corrected chi connectivity index (χ1v) is 13.2. The summed E-state index contributed by atoms with van der Waals surface area (Å²) in [6.07, 6.45) is 7.90. The van der Waals surface area contributed by atoms with E-state index in [-0.39, 0.29) is 31.0 Å². The number of ether oxygens (including phenoxy) is 4. The molecule has 1 aliphatic carbocycles. The van der Waals surface area contributed by atoms with E-state index < -0.39 is 18.0 Å². The fraction of sp³-hybridized carbons (Fsp3) is 0.720. The summed E-state index contributed by atoms with van der Waals surface area (Å²) in [5.41, 5.74) is 0. The summed E-state index contributed by atoms with van der Waals surface area (Å²) in [4.78, 5) is 13.0. The topological polar surface area (TPSA) is 94.5 Å². The molecule has 4 rings (SSSR count). The van der Waals surface area contributed by atoms with Gasteiger partial charge in [-0.1, -0.05) is 6.07 Å². The smallest absolute Gasteiger partial charge is 0.303 e. The Morgan fingerprint density at radius 1 is 1.15 bits per heavy atom. The third kappa shape index (κ3) is 7.02. The Morgan fingerprint density at radius 3 is 2.55 bits per heavy atom. The molecule has 0 bridgehead atoms. The molecular formula is C25H36O7S. The normalized spacial score (nSPS) is 33.2. The van der Waals surface area contributed by atoms with Crippen LogP contribution in [0.4, 0.5) is 0 Å². The highest BCUT2D eigenvalue weighted by Crippen LogP contribution is 2.43. The second-order valence-electron chi connectivity index (χ2n) is 9.20. The number of hydrogen-bond donors (Lipinski definition) is 2. The van der Waals surface area contributed by atoms with E-state index in [1.165, 1.54) is 4.88 Å². The fourth-order valence-electron chi connectivity index (χ4n) is 5.12. The lowest BCUT2D eigenvalue weighted by atomic mass is 9.88. The zero-order valence-corrected chi connectivity index (χ0v) is 19.9. The molecule has 2 unspecified atom stereocenters. The van der Waals surface area contributed by atoms with Crippen LogP contribution in [0.5, 0.6) is 0 Å². The van der Waals surface area contributed by atoms with Gasteiger partial charge in [0.1, 0.15) is 5.76 Å². The van der Waals surface area contributed by atoms with Crippen LogP contribution in [0.2, 0.25) is 0 Å². The van der Waals surface area contributed by atoms with E-state index >= 15 is 0 Å². The molecule has 1 saturated carbocycles. The minimum Gasteiger partial charge on any atom is -0.481 e. The van der Waals surface area contributed by atoms with Crippen LogP contribution in [0.25, 0.3) is 0 Å². The van der Waals surface area contributed by atoms with E-state index in [0.717, 1.165) is 51.4 Å². The number of carboxylic acids is 1. The van der Waals surface area contributed by atoms with Gasteiger partial charge in [-0.3, -0.25) is 4.79 Å². The molecule has 3 aliphatic rings. The summed E-state index contributed by atoms with van der Waals surface area (Å²) < 4.78 is 24.4. The number of hydrogen-bond acceptors (Lipinski definition) is 7. The van der Waals surface area contributed by atoms with Crippen LogP contribution in [-0.4, -0.2) is 54.2 Å². The third-order valence-corrected chi connectivity index (χ3v) is 7.69. The minimum atomic E-state index is -0.925. The molecule has 3 fully saturated rings. The number of carbonyl (C=O) groups is 1. The Labute approximate surface area is 199 Å². The maximum absolute atomic E-state index is 11.7. The van der Waals surface area contributed by atoms with Crippen molar-refractivity contribution < 1.29 is 34.0 Å². The summed E-state index contributed by atoms with van der Waals surface area (Å²) in [7, 11) is 0. The van der Waals surface area contributed by atoms with Crippen molar-refractivity contribution in [3.63, 3.8) is 0 Å². The highest BCUT2D eigenvalue weighted by molar-refractivity contribution is 7.09. The first-order chi connectivity index (χ1) is 16.1. The van der Waals surface area contributed by atoms with Gasteiger partial charge in [0.15, 0.2) is 12.6 Å². The molecule has 1 aromatic rings. The van der Waals surface area contributed by atoms with Crippen molar-refractivity contribution in [2.24, 2.45) is 11.8 Å². The third-order valence-electron chi connectivity index (χ3n) is 6.75. The van der Waals surface area contributed by atoms with Crippen LogP contribution >= 0.6 is 11.3 Å². The molecule has 0 radical (unpaired) electrons. The van der Waals surface area contributed by atoms with Crippen molar-refractivity contribution in [2.45, 2.75) is 89.0 Å². The van der Waals surface area contributed by atoms with E-state index in [2.05, 4.69) is 17.5 Å². The second kappa shape index (κ2) is 12.3. The van der Waals surface area contributed by atoms with Gasteiger partial charge in [-0.25, -0.2) is 0 Å². The molecule has 184 valence electrons. The van der Waals surface area contributed by atoms with Gasteiger partial charge in [0.05, 0.1) is 25.2 Å². The van der Waals surface area contributed by atoms with Crippen LogP contribution < -0.4 is 0 Å². The summed E-state index contributed by atoms with van der Waals surface area (Å²) in [6.45, 7) is 1.33. The monoisotopic (exact) mass is 480 g/mol. The quantitative estimate of drug-likeness (QED) is 0.477. The zero-order chi connectivity index (χ0) is 23.0. The minimum absolute atomic E-state index is 0.131. The van der Waals surface area contributed by atoms with E-state index in [4.69, 9.17) is 18.9 Å². The molecule has 3 heterocycles. The van der Waals surface area contributed by atoms with E-state index in [1.54, 1.807) is 11.3 Å².